The maximum atomic E-state index is 12.8. The van der Waals surface area contributed by atoms with Crippen molar-refractivity contribution >= 4 is 36.7 Å². The number of benzene rings is 2. The number of hydrogen-bond acceptors (Lipinski definition) is 3. The Morgan fingerprint density at radius 2 is 2.05 bits per heavy atom. The standard InChI is InChI=1S/C15H11BrN2O2S/c16-13-9-14(21(19,20)18-8-2-7-17-18)12-6-5-10-3-1-4-11(13)15(10)12/h1-4,7-9H,5-6H2. The summed E-state index contributed by atoms with van der Waals surface area (Å²) in [6.45, 7) is 0. The Hall–Kier alpha value is -1.66. The van der Waals surface area contributed by atoms with Gasteiger partial charge in [0.15, 0.2) is 0 Å². The van der Waals surface area contributed by atoms with Crippen LogP contribution in [0.5, 0.6) is 0 Å². The molecule has 4 nitrogen and oxygen atoms in total. The van der Waals surface area contributed by atoms with E-state index >= 15 is 0 Å². The lowest BCUT2D eigenvalue weighted by Gasteiger charge is -2.11. The molecule has 0 unspecified atom stereocenters. The summed E-state index contributed by atoms with van der Waals surface area (Å²) < 4.78 is 27.4. The molecule has 0 atom stereocenters. The van der Waals surface area contributed by atoms with Gasteiger partial charge in [-0.3, -0.25) is 0 Å². The molecule has 1 heterocycles. The van der Waals surface area contributed by atoms with Crippen molar-refractivity contribution in [2.45, 2.75) is 17.7 Å². The van der Waals surface area contributed by atoms with Gasteiger partial charge in [-0.05, 0) is 46.9 Å². The van der Waals surface area contributed by atoms with Gasteiger partial charge in [0.05, 0.1) is 11.1 Å². The molecule has 6 heteroatoms. The Morgan fingerprint density at radius 1 is 1.19 bits per heavy atom. The minimum absolute atomic E-state index is 0.343. The Morgan fingerprint density at radius 3 is 2.81 bits per heavy atom. The molecule has 2 aromatic carbocycles. The lowest BCUT2D eigenvalue weighted by atomic mass is 10.1. The number of aromatic nitrogens is 2. The Labute approximate surface area is 130 Å². The van der Waals surface area contributed by atoms with Crippen LogP contribution in [-0.4, -0.2) is 17.6 Å². The molecule has 0 saturated heterocycles. The normalized spacial score (nSPS) is 14.0. The zero-order valence-electron chi connectivity index (χ0n) is 11.0. The van der Waals surface area contributed by atoms with Crippen LogP contribution in [0.2, 0.25) is 0 Å². The zero-order valence-corrected chi connectivity index (χ0v) is 13.4. The van der Waals surface area contributed by atoms with Crippen molar-refractivity contribution in [3.8, 4) is 0 Å². The summed E-state index contributed by atoms with van der Waals surface area (Å²) in [5.41, 5.74) is 2.11. The van der Waals surface area contributed by atoms with Crippen molar-refractivity contribution < 1.29 is 8.42 Å². The van der Waals surface area contributed by atoms with E-state index in [1.54, 1.807) is 12.1 Å². The fraction of sp³-hybridized carbons (Fsp3) is 0.133. The molecule has 0 bridgehead atoms. The number of hydrogen-bond donors (Lipinski definition) is 0. The molecule has 0 spiro atoms. The van der Waals surface area contributed by atoms with Crippen molar-refractivity contribution in [3.05, 3.63) is 58.3 Å². The van der Waals surface area contributed by atoms with Gasteiger partial charge in [0, 0.05) is 10.7 Å². The van der Waals surface area contributed by atoms with Gasteiger partial charge in [-0.1, -0.05) is 34.1 Å². The second-order valence-electron chi connectivity index (χ2n) is 5.06. The average molecular weight is 363 g/mol. The molecular weight excluding hydrogens is 352 g/mol. The molecule has 0 radical (unpaired) electrons. The molecular formula is C15H11BrN2O2S. The third-order valence-electron chi connectivity index (χ3n) is 3.91. The van der Waals surface area contributed by atoms with Gasteiger partial charge < -0.3 is 0 Å². The van der Waals surface area contributed by atoms with Crippen molar-refractivity contribution in [1.29, 1.82) is 0 Å². The highest BCUT2D eigenvalue weighted by molar-refractivity contribution is 9.10. The first-order chi connectivity index (χ1) is 10.1. The zero-order chi connectivity index (χ0) is 14.6. The highest BCUT2D eigenvalue weighted by Gasteiger charge is 2.27. The van der Waals surface area contributed by atoms with Crippen LogP contribution in [0.1, 0.15) is 11.1 Å². The first-order valence-electron chi connectivity index (χ1n) is 6.57. The third kappa shape index (κ3) is 1.79. The van der Waals surface area contributed by atoms with Crippen LogP contribution in [0.3, 0.4) is 0 Å². The van der Waals surface area contributed by atoms with E-state index in [9.17, 15) is 8.42 Å². The summed E-state index contributed by atoms with van der Waals surface area (Å²) in [5.74, 6) is 0. The van der Waals surface area contributed by atoms with Crippen LogP contribution in [0.25, 0.3) is 10.8 Å². The molecule has 0 N–H and O–H groups in total. The van der Waals surface area contributed by atoms with Crippen LogP contribution in [0.15, 0.2) is 52.1 Å². The summed E-state index contributed by atoms with van der Waals surface area (Å²) >= 11 is 3.51. The van der Waals surface area contributed by atoms with Gasteiger partial charge in [0.2, 0.25) is 0 Å². The van der Waals surface area contributed by atoms with E-state index in [1.807, 2.05) is 12.1 Å². The van der Waals surface area contributed by atoms with Crippen molar-refractivity contribution in [2.24, 2.45) is 0 Å². The second kappa shape index (κ2) is 4.42. The van der Waals surface area contributed by atoms with Crippen LogP contribution >= 0.6 is 15.9 Å². The maximum absolute atomic E-state index is 12.8. The molecule has 0 fully saturated rings. The fourth-order valence-electron chi connectivity index (χ4n) is 3.00. The van der Waals surface area contributed by atoms with Crippen LogP contribution in [-0.2, 0) is 22.9 Å². The summed E-state index contributed by atoms with van der Waals surface area (Å²) in [7, 11) is -3.64. The topological polar surface area (TPSA) is 52.0 Å². The summed E-state index contributed by atoms with van der Waals surface area (Å²) in [6.07, 6.45) is 4.56. The summed E-state index contributed by atoms with van der Waals surface area (Å²) in [4.78, 5) is 0.343. The molecule has 3 aromatic rings. The maximum Gasteiger partial charge on any atom is 0.283 e. The Balaban J connectivity index is 2.10. The first-order valence-corrected chi connectivity index (χ1v) is 8.80. The van der Waals surface area contributed by atoms with Crippen LogP contribution in [0, 0.1) is 0 Å². The smallest absolute Gasteiger partial charge is 0.199 e. The van der Waals surface area contributed by atoms with Gasteiger partial charge >= 0.3 is 0 Å². The number of nitrogens with zero attached hydrogens (tertiary/aromatic N) is 2. The molecule has 106 valence electrons. The fourth-order valence-corrected chi connectivity index (χ4v) is 5.11. The number of rotatable bonds is 2. The van der Waals surface area contributed by atoms with E-state index in [0.717, 1.165) is 37.7 Å². The highest BCUT2D eigenvalue weighted by Crippen LogP contribution is 2.39. The van der Waals surface area contributed by atoms with E-state index in [4.69, 9.17) is 0 Å². The van der Waals surface area contributed by atoms with Crippen molar-refractivity contribution in [1.82, 2.24) is 9.19 Å². The molecule has 0 aliphatic heterocycles. The average Bonchev–Trinajstić information content (AvgIpc) is 3.13. The largest absolute Gasteiger partial charge is 0.283 e. The summed E-state index contributed by atoms with van der Waals surface area (Å²) in [6, 6.07) is 9.40. The first kappa shape index (κ1) is 13.0. The molecule has 0 amide bonds. The third-order valence-corrected chi connectivity index (χ3v) is 6.20. The van der Waals surface area contributed by atoms with Gasteiger partial charge in [0.25, 0.3) is 10.0 Å². The van der Waals surface area contributed by atoms with Gasteiger partial charge in [0.1, 0.15) is 0 Å². The number of halogens is 1. The molecule has 0 saturated carbocycles. The van der Waals surface area contributed by atoms with E-state index in [0.29, 0.717) is 4.90 Å². The van der Waals surface area contributed by atoms with Crippen molar-refractivity contribution in [3.63, 3.8) is 0 Å². The van der Waals surface area contributed by atoms with Crippen LogP contribution < -0.4 is 0 Å². The van der Waals surface area contributed by atoms with Gasteiger partial charge in [-0.2, -0.15) is 17.6 Å². The lowest BCUT2D eigenvalue weighted by Crippen LogP contribution is -2.15. The van der Waals surface area contributed by atoms with E-state index in [2.05, 4.69) is 27.1 Å². The monoisotopic (exact) mass is 362 g/mol. The van der Waals surface area contributed by atoms with E-state index in [-0.39, 0.29) is 0 Å². The van der Waals surface area contributed by atoms with Crippen LogP contribution in [0.4, 0.5) is 0 Å². The molecule has 1 aromatic heterocycles. The molecule has 4 rings (SSSR count). The summed E-state index contributed by atoms with van der Waals surface area (Å²) in [5, 5.41) is 6.02. The second-order valence-corrected chi connectivity index (χ2v) is 7.68. The SMILES string of the molecule is O=S(=O)(c1cc(Br)c2cccc3c2c1CC3)n1cccn1. The van der Waals surface area contributed by atoms with E-state index < -0.39 is 10.0 Å². The number of aryl methyl sites for hydroxylation is 2. The minimum Gasteiger partial charge on any atom is -0.199 e. The van der Waals surface area contributed by atoms with E-state index in [1.165, 1.54) is 18.0 Å². The predicted octanol–water partition coefficient (Wildman–Crippen LogP) is 3.13. The van der Waals surface area contributed by atoms with Crippen molar-refractivity contribution in [2.75, 3.05) is 0 Å². The van der Waals surface area contributed by atoms with Gasteiger partial charge in [-0.25, -0.2) is 0 Å². The predicted molar refractivity (Wildman–Crippen MR) is 83.9 cm³/mol. The highest BCUT2D eigenvalue weighted by atomic mass is 79.9. The van der Waals surface area contributed by atoms with Gasteiger partial charge in [-0.15, -0.1) is 0 Å². The minimum atomic E-state index is -3.64. The quantitative estimate of drug-likeness (QED) is 0.703. The molecule has 1 aliphatic rings. The Kier molecular flexibility index (Phi) is 2.74. The molecule has 1 aliphatic carbocycles. The lowest BCUT2D eigenvalue weighted by molar-refractivity contribution is 0.579. The molecule has 21 heavy (non-hydrogen) atoms. The Bertz CT molecular complexity index is 963.